The molecule has 0 spiro atoms. The zero-order chi connectivity index (χ0) is 4.99. The first kappa shape index (κ1) is 5.41. The first-order valence-electron chi connectivity index (χ1n) is 1.92. The Kier molecular flexibility index (Phi) is 2.38. The van der Waals surface area contributed by atoms with E-state index < -0.39 is 0 Å². The van der Waals surface area contributed by atoms with E-state index in [1.807, 2.05) is 0 Å². The Balaban J connectivity index is 3.05. The summed E-state index contributed by atoms with van der Waals surface area (Å²) in [5.74, 6) is 0. The van der Waals surface area contributed by atoms with E-state index in [4.69, 9.17) is 5.41 Å². The molecule has 0 aromatic rings. The van der Waals surface area contributed by atoms with Crippen LogP contribution < -0.4 is 0 Å². The van der Waals surface area contributed by atoms with Gasteiger partial charge in [0.15, 0.2) is 0 Å². The SMILES string of the molecule is C=CCC(C)=N. The zero-order valence-corrected chi connectivity index (χ0v) is 3.99. The van der Waals surface area contributed by atoms with Crippen LogP contribution in [0.4, 0.5) is 0 Å². The van der Waals surface area contributed by atoms with Crippen LogP contribution in [0.3, 0.4) is 0 Å². The Morgan fingerprint density at radius 2 is 2.50 bits per heavy atom. The van der Waals surface area contributed by atoms with E-state index in [-0.39, 0.29) is 0 Å². The van der Waals surface area contributed by atoms with Crippen LogP contribution in [-0.2, 0) is 0 Å². The van der Waals surface area contributed by atoms with Gasteiger partial charge in [-0.2, -0.15) is 0 Å². The molecule has 0 aliphatic carbocycles. The number of allylic oxidation sites excluding steroid dienone is 1. The molecule has 0 amide bonds. The highest BCUT2D eigenvalue weighted by molar-refractivity contribution is 5.79. The Morgan fingerprint density at radius 3 is 2.50 bits per heavy atom. The molecule has 0 rings (SSSR count). The van der Waals surface area contributed by atoms with E-state index in [0.717, 1.165) is 6.42 Å². The molecule has 1 heteroatoms. The quantitative estimate of drug-likeness (QED) is 0.387. The largest absolute Gasteiger partial charge is 0.310 e. The van der Waals surface area contributed by atoms with E-state index in [2.05, 4.69) is 6.58 Å². The molecule has 0 heterocycles. The molecule has 0 aliphatic heterocycles. The standard InChI is InChI=1S/C5H9N/c1-3-4-5(2)6/h3,6H,1,4H2,2H3. The summed E-state index contributed by atoms with van der Waals surface area (Å²) in [5, 5.41) is 6.82. The van der Waals surface area contributed by atoms with Gasteiger partial charge in [0, 0.05) is 12.1 Å². The molecule has 0 bridgehead atoms. The van der Waals surface area contributed by atoms with Crippen molar-refractivity contribution in [2.75, 3.05) is 0 Å². The van der Waals surface area contributed by atoms with Crippen molar-refractivity contribution in [3.05, 3.63) is 12.7 Å². The monoisotopic (exact) mass is 83.1 g/mol. The second-order valence-corrected chi connectivity index (χ2v) is 1.27. The van der Waals surface area contributed by atoms with Crippen molar-refractivity contribution in [1.29, 1.82) is 5.41 Å². The minimum Gasteiger partial charge on any atom is -0.310 e. The van der Waals surface area contributed by atoms with E-state index in [1.54, 1.807) is 13.0 Å². The van der Waals surface area contributed by atoms with Crippen molar-refractivity contribution in [3.63, 3.8) is 0 Å². The van der Waals surface area contributed by atoms with Crippen LogP contribution in [-0.4, -0.2) is 5.71 Å². The average molecular weight is 83.1 g/mol. The minimum atomic E-state index is 0.671. The van der Waals surface area contributed by atoms with Crippen LogP contribution in [0.2, 0.25) is 0 Å². The molecule has 0 fully saturated rings. The van der Waals surface area contributed by atoms with Gasteiger partial charge in [0.25, 0.3) is 0 Å². The molecule has 0 aromatic carbocycles. The van der Waals surface area contributed by atoms with Crippen LogP contribution in [0.25, 0.3) is 0 Å². The predicted molar refractivity (Wildman–Crippen MR) is 28.2 cm³/mol. The number of hydrogen-bond donors (Lipinski definition) is 1. The summed E-state index contributed by atoms with van der Waals surface area (Å²) in [6.45, 7) is 5.23. The van der Waals surface area contributed by atoms with Crippen molar-refractivity contribution in [2.45, 2.75) is 13.3 Å². The number of hydrogen-bond acceptors (Lipinski definition) is 1. The average Bonchev–Trinajstić information content (AvgIpc) is 1.35. The van der Waals surface area contributed by atoms with Crippen LogP contribution in [0, 0.1) is 5.41 Å². The highest BCUT2D eigenvalue weighted by atomic mass is 14.4. The van der Waals surface area contributed by atoms with Gasteiger partial charge in [-0.25, -0.2) is 0 Å². The molecule has 0 aliphatic rings. The molecule has 0 unspecified atom stereocenters. The van der Waals surface area contributed by atoms with E-state index in [9.17, 15) is 0 Å². The molecule has 0 atom stereocenters. The summed E-state index contributed by atoms with van der Waals surface area (Å²) < 4.78 is 0. The van der Waals surface area contributed by atoms with Crippen LogP contribution in [0.1, 0.15) is 13.3 Å². The zero-order valence-electron chi connectivity index (χ0n) is 3.99. The summed E-state index contributed by atoms with van der Waals surface area (Å²) in [4.78, 5) is 0. The lowest BCUT2D eigenvalue weighted by Gasteiger charge is -1.80. The van der Waals surface area contributed by atoms with Crippen LogP contribution >= 0.6 is 0 Å². The molecule has 0 saturated carbocycles. The van der Waals surface area contributed by atoms with Crippen molar-refractivity contribution < 1.29 is 0 Å². The third kappa shape index (κ3) is 3.41. The van der Waals surface area contributed by atoms with Gasteiger partial charge >= 0.3 is 0 Å². The Morgan fingerprint density at radius 1 is 2.00 bits per heavy atom. The van der Waals surface area contributed by atoms with Gasteiger partial charge in [-0.1, -0.05) is 6.08 Å². The highest BCUT2D eigenvalue weighted by Gasteiger charge is 1.74. The minimum absolute atomic E-state index is 0.671. The lowest BCUT2D eigenvalue weighted by molar-refractivity contribution is 1.35. The number of nitrogens with one attached hydrogen (secondary N) is 1. The fraction of sp³-hybridized carbons (Fsp3) is 0.400. The van der Waals surface area contributed by atoms with Crippen molar-refractivity contribution in [2.24, 2.45) is 0 Å². The van der Waals surface area contributed by atoms with Gasteiger partial charge in [0.2, 0.25) is 0 Å². The topological polar surface area (TPSA) is 23.9 Å². The maximum atomic E-state index is 6.82. The fourth-order valence-corrected chi connectivity index (χ4v) is 0.217. The second kappa shape index (κ2) is 2.64. The third-order valence-corrected chi connectivity index (χ3v) is 0.451. The van der Waals surface area contributed by atoms with Gasteiger partial charge in [0.1, 0.15) is 0 Å². The van der Waals surface area contributed by atoms with E-state index in [0.29, 0.717) is 5.71 Å². The summed E-state index contributed by atoms with van der Waals surface area (Å²) in [5.41, 5.74) is 0.671. The molecule has 1 N–H and O–H groups in total. The Bertz CT molecular complexity index is 64.3. The van der Waals surface area contributed by atoms with Crippen molar-refractivity contribution >= 4 is 5.71 Å². The van der Waals surface area contributed by atoms with E-state index >= 15 is 0 Å². The Labute approximate surface area is 38.2 Å². The molecule has 34 valence electrons. The molecular formula is C5H9N. The van der Waals surface area contributed by atoms with Crippen molar-refractivity contribution in [1.82, 2.24) is 0 Å². The second-order valence-electron chi connectivity index (χ2n) is 1.27. The smallest absolute Gasteiger partial charge is 0.00957 e. The van der Waals surface area contributed by atoms with Gasteiger partial charge < -0.3 is 5.41 Å². The summed E-state index contributed by atoms with van der Waals surface area (Å²) >= 11 is 0. The lowest BCUT2D eigenvalue weighted by atomic mass is 10.3. The first-order valence-corrected chi connectivity index (χ1v) is 1.92. The summed E-state index contributed by atoms with van der Waals surface area (Å²) in [6.07, 6.45) is 2.45. The maximum absolute atomic E-state index is 6.82. The maximum Gasteiger partial charge on any atom is 0.00957 e. The molecule has 6 heavy (non-hydrogen) atoms. The molecule has 1 nitrogen and oxygen atoms in total. The molecule has 0 aromatic heterocycles. The fourth-order valence-electron chi connectivity index (χ4n) is 0.217. The van der Waals surface area contributed by atoms with Crippen LogP contribution in [0.5, 0.6) is 0 Å². The van der Waals surface area contributed by atoms with Gasteiger partial charge in [-0.15, -0.1) is 6.58 Å². The van der Waals surface area contributed by atoms with Crippen LogP contribution in [0.15, 0.2) is 12.7 Å². The summed E-state index contributed by atoms with van der Waals surface area (Å²) in [7, 11) is 0. The van der Waals surface area contributed by atoms with Gasteiger partial charge in [0.05, 0.1) is 0 Å². The predicted octanol–water partition coefficient (Wildman–Crippen LogP) is 1.60. The van der Waals surface area contributed by atoms with Gasteiger partial charge in [-0.05, 0) is 6.92 Å². The highest BCUT2D eigenvalue weighted by Crippen LogP contribution is 1.78. The molecular weight excluding hydrogens is 74.1 g/mol. The lowest BCUT2D eigenvalue weighted by Crippen LogP contribution is -1.80. The number of rotatable bonds is 2. The van der Waals surface area contributed by atoms with E-state index in [1.165, 1.54) is 0 Å². The molecule has 0 saturated heterocycles. The van der Waals surface area contributed by atoms with Crippen molar-refractivity contribution in [3.8, 4) is 0 Å². The molecule has 0 radical (unpaired) electrons. The normalized spacial score (nSPS) is 7.50. The van der Waals surface area contributed by atoms with Gasteiger partial charge in [-0.3, -0.25) is 0 Å². The third-order valence-electron chi connectivity index (χ3n) is 0.451. The first-order chi connectivity index (χ1) is 2.77. The summed E-state index contributed by atoms with van der Waals surface area (Å²) in [6, 6.07) is 0. The Hall–Kier alpha value is -0.590.